The van der Waals surface area contributed by atoms with Gasteiger partial charge in [0.25, 0.3) is 0 Å². The third-order valence-corrected chi connectivity index (χ3v) is 9.64. The number of hydrogen-bond acceptors (Lipinski definition) is 6. The molecule has 11 heteroatoms. The Bertz CT molecular complexity index is 1310. The fourth-order valence-corrected chi connectivity index (χ4v) is 6.77. The maximum absolute atomic E-state index is 13.2. The lowest BCUT2D eigenvalue weighted by atomic mass is 9.94. The number of aryl methyl sites for hydroxylation is 1. The molecule has 3 saturated heterocycles. The second kappa shape index (κ2) is 11.4. The highest BCUT2D eigenvalue weighted by Crippen LogP contribution is 2.29. The molecular formula is C28H34N4O6S. The van der Waals surface area contributed by atoms with Crippen molar-refractivity contribution < 1.29 is 27.5 Å². The minimum absolute atomic E-state index is 0.0334. The van der Waals surface area contributed by atoms with E-state index in [4.69, 9.17) is 4.74 Å². The first-order chi connectivity index (χ1) is 18.7. The highest BCUT2D eigenvalue weighted by molar-refractivity contribution is 7.89. The van der Waals surface area contributed by atoms with Gasteiger partial charge in [-0.15, -0.1) is 0 Å². The maximum Gasteiger partial charge on any atom is 0.243 e. The summed E-state index contributed by atoms with van der Waals surface area (Å²) >= 11 is 0. The van der Waals surface area contributed by atoms with Crippen LogP contribution in [0.25, 0.3) is 0 Å². The van der Waals surface area contributed by atoms with Crippen LogP contribution in [0.15, 0.2) is 53.4 Å². The molecule has 0 radical (unpaired) electrons. The van der Waals surface area contributed by atoms with E-state index in [1.165, 1.54) is 16.4 Å². The van der Waals surface area contributed by atoms with E-state index in [0.29, 0.717) is 64.5 Å². The monoisotopic (exact) mass is 554 g/mol. The van der Waals surface area contributed by atoms with Crippen molar-refractivity contribution in [2.24, 2.45) is 11.8 Å². The van der Waals surface area contributed by atoms with E-state index in [2.05, 4.69) is 5.32 Å². The normalized spacial score (nSPS) is 21.3. The van der Waals surface area contributed by atoms with Gasteiger partial charge in [0, 0.05) is 56.4 Å². The summed E-state index contributed by atoms with van der Waals surface area (Å²) in [7, 11) is -3.59. The highest BCUT2D eigenvalue weighted by atomic mass is 32.2. The van der Waals surface area contributed by atoms with Gasteiger partial charge in [-0.1, -0.05) is 17.7 Å². The first-order valence-corrected chi connectivity index (χ1v) is 14.8. The van der Waals surface area contributed by atoms with Crippen molar-refractivity contribution in [1.82, 2.24) is 9.21 Å². The Balaban J connectivity index is 1.11. The molecule has 0 saturated carbocycles. The molecule has 3 aliphatic rings. The van der Waals surface area contributed by atoms with Crippen LogP contribution < -0.4 is 10.2 Å². The number of likely N-dealkylation sites (tertiary alicyclic amines) is 1. The summed E-state index contributed by atoms with van der Waals surface area (Å²) in [4.78, 5) is 42.3. The number of nitrogens with one attached hydrogen (secondary N) is 1. The number of piperidine rings is 1. The zero-order valence-electron chi connectivity index (χ0n) is 22.0. The minimum atomic E-state index is -3.59. The number of carbonyl (C=O) groups excluding carboxylic acids is 3. The summed E-state index contributed by atoms with van der Waals surface area (Å²) in [5, 5.41) is 2.88. The van der Waals surface area contributed by atoms with Crippen LogP contribution in [0.4, 0.5) is 11.4 Å². The van der Waals surface area contributed by atoms with Gasteiger partial charge < -0.3 is 19.9 Å². The first kappa shape index (κ1) is 27.3. The number of hydrogen-bond donors (Lipinski definition) is 1. The average Bonchev–Trinajstić information content (AvgIpc) is 3.35. The Morgan fingerprint density at radius 3 is 2.18 bits per heavy atom. The number of rotatable bonds is 6. The predicted octanol–water partition coefficient (Wildman–Crippen LogP) is 2.25. The molecule has 0 spiro atoms. The largest absolute Gasteiger partial charge is 0.379 e. The fourth-order valence-electron chi connectivity index (χ4n) is 5.36. The number of amides is 3. The Hall–Kier alpha value is -3.28. The number of anilines is 2. The molecule has 0 bridgehead atoms. The van der Waals surface area contributed by atoms with Gasteiger partial charge in [0.05, 0.1) is 24.0 Å². The lowest BCUT2D eigenvalue weighted by Crippen LogP contribution is -2.44. The Morgan fingerprint density at radius 2 is 1.54 bits per heavy atom. The molecule has 5 rings (SSSR count). The molecule has 10 nitrogen and oxygen atoms in total. The molecular weight excluding hydrogens is 520 g/mol. The van der Waals surface area contributed by atoms with Crippen LogP contribution in [0.5, 0.6) is 0 Å². The molecule has 2 aromatic rings. The zero-order chi connectivity index (χ0) is 27.6. The molecule has 1 N–H and O–H groups in total. The van der Waals surface area contributed by atoms with Gasteiger partial charge in [-0.05, 0) is 56.2 Å². The van der Waals surface area contributed by atoms with Crippen LogP contribution in [-0.4, -0.2) is 81.3 Å². The topological polar surface area (TPSA) is 116 Å². The van der Waals surface area contributed by atoms with Gasteiger partial charge >= 0.3 is 0 Å². The summed E-state index contributed by atoms with van der Waals surface area (Å²) in [6.07, 6.45) is 1.26. The van der Waals surface area contributed by atoms with Crippen LogP contribution in [0.2, 0.25) is 0 Å². The van der Waals surface area contributed by atoms with Gasteiger partial charge in [-0.2, -0.15) is 4.31 Å². The lowest BCUT2D eigenvalue weighted by Gasteiger charge is -2.33. The van der Waals surface area contributed by atoms with Crippen molar-refractivity contribution >= 4 is 39.1 Å². The maximum atomic E-state index is 13.2. The van der Waals surface area contributed by atoms with Gasteiger partial charge in [0.15, 0.2) is 0 Å². The molecule has 3 amide bonds. The van der Waals surface area contributed by atoms with Crippen LogP contribution in [0.1, 0.15) is 24.8 Å². The van der Waals surface area contributed by atoms with Crippen LogP contribution in [-0.2, 0) is 29.1 Å². The molecule has 1 atom stereocenters. The second-order valence-electron chi connectivity index (χ2n) is 10.4. The molecule has 39 heavy (non-hydrogen) atoms. The van der Waals surface area contributed by atoms with Gasteiger partial charge in [-0.25, -0.2) is 8.42 Å². The molecule has 2 aromatic carbocycles. The number of morpholine rings is 1. The van der Waals surface area contributed by atoms with Crippen molar-refractivity contribution in [3.05, 3.63) is 54.1 Å². The summed E-state index contributed by atoms with van der Waals surface area (Å²) in [5.41, 5.74) is 2.45. The molecule has 0 aliphatic carbocycles. The minimum Gasteiger partial charge on any atom is -0.379 e. The standard InChI is InChI=1S/C28H34N4O6S/c1-20-2-6-24(7-3-20)32-19-22(18-26(32)33)28(35)30-12-10-21(11-13-30)27(34)29-23-4-8-25(9-5-23)39(36,37)31-14-16-38-17-15-31/h2-9,21-22H,10-19H2,1H3,(H,29,34). The summed E-state index contributed by atoms with van der Waals surface area (Å²) in [6.45, 7) is 4.69. The predicted molar refractivity (Wildman–Crippen MR) is 146 cm³/mol. The van der Waals surface area contributed by atoms with E-state index in [1.807, 2.05) is 31.2 Å². The third-order valence-electron chi connectivity index (χ3n) is 7.73. The Kier molecular flexibility index (Phi) is 8.01. The van der Waals surface area contributed by atoms with Crippen molar-refractivity contribution in [2.45, 2.75) is 31.1 Å². The van der Waals surface area contributed by atoms with Crippen molar-refractivity contribution in [3.63, 3.8) is 0 Å². The number of benzene rings is 2. The van der Waals surface area contributed by atoms with Crippen molar-refractivity contribution in [1.29, 1.82) is 0 Å². The van der Waals surface area contributed by atoms with Gasteiger partial charge in [-0.3, -0.25) is 14.4 Å². The quantitative estimate of drug-likeness (QED) is 0.586. The SMILES string of the molecule is Cc1ccc(N2CC(C(=O)N3CCC(C(=O)Nc4ccc(S(=O)(=O)N5CCOCC5)cc4)CC3)CC2=O)cc1. The van der Waals surface area contributed by atoms with Crippen molar-refractivity contribution in [2.75, 3.05) is 56.2 Å². The number of sulfonamides is 1. The van der Waals surface area contributed by atoms with E-state index in [1.54, 1.807) is 21.9 Å². The summed E-state index contributed by atoms with van der Waals surface area (Å²) < 4.78 is 32.2. The molecule has 3 aliphatic heterocycles. The second-order valence-corrected chi connectivity index (χ2v) is 12.3. The van der Waals surface area contributed by atoms with E-state index in [0.717, 1.165) is 11.3 Å². The van der Waals surface area contributed by atoms with Crippen LogP contribution >= 0.6 is 0 Å². The van der Waals surface area contributed by atoms with Crippen LogP contribution in [0.3, 0.4) is 0 Å². The summed E-state index contributed by atoms with van der Waals surface area (Å²) in [6, 6.07) is 13.9. The zero-order valence-corrected chi connectivity index (χ0v) is 22.9. The van der Waals surface area contributed by atoms with Gasteiger partial charge in [0.2, 0.25) is 27.7 Å². The Labute approximate surface area is 228 Å². The van der Waals surface area contributed by atoms with Crippen LogP contribution in [0, 0.1) is 18.8 Å². The molecule has 3 fully saturated rings. The van der Waals surface area contributed by atoms with E-state index < -0.39 is 10.0 Å². The van der Waals surface area contributed by atoms with E-state index in [-0.39, 0.29) is 40.9 Å². The van der Waals surface area contributed by atoms with E-state index >= 15 is 0 Å². The number of ether oxygens (including phenoxy) is 1. The molecule has 3 heterocycles. The Morgan fingerprint density at radius 1 is 0.897 bits per heavy atom. The summed E-state index contributed by atoms with van der Waals surface area (Å²) in [5.74, 6) is -0.854. The van der Waals surface area contributed by atoms with Gasteiger partial charge in [0.1, 0.15) is 0 Å². The molecule has 208 valence electrons. The molecule has 1 unspecified atom stereocenters. The number of nitrogens with zero attached hydrogens (tertiary/aromatic N) is 3. The lowest BCUT2D eigenvalue weighted by molar-refractivity contribution is -0.138. The fraction of sp³-hybridized carbons (Fsp3) is 0.464. The van der Waals surface area contributed by atoms with Crippen molar-refractivity contribution in [3.8, 4) is 0 Å². The average molecular weight is 555 g/mol. The third kappa shape index (κ3) is 6.00. The first-order valence-electron chi connectivity index (χ1n) is 13.4. The highest BCUT2D eigenvalue weighted by Gasteiger charge is 2.38. The molecule has 0 aromatic heterocycles. The number of carbonyl (C=O) groups is 3. The smallest absolute Gasteiger partial charge is 0.243 e. The van der Waals surface area contributed by atoms with E-state index in [9.17, 15) is 22.8 Å².